The van der Waals surface area contributed by atoms with Gasteiger partial charge in [0.15, 0.2) is 5.76 Å². The van der Waals surface area contributed by atoms with Gasteiger partial charge in [-0.25, -0.2) is 0 Å². The minimum absolute atomic E-state index is 0.242. The highest BCUT2D eigenvalue weighted by Gasteiger charge is 2.12. The first-order chi connectivity index (χ1) is 13.2. The molecule has 1 N–H and O–H groups in total. The van der Waals surface area contributed by atoms with E-state index in [2.05, 4.69) is 17.0 Å². The van der Waals surface area contributed by atoms with Crippen LogP contribution in [0.25, 0.3) is 0 Å². The van der Waals surface area contributed by atoms with Crippen molar-refractivity contribution in [2.75, 3.05) is 6.54 Å². The Hall–Kier alpha value is -2.99. The molecular weight excluding hydrogens is 366 g/mol. The molecule has 0 aliphatic rings. The number of benzene rings is 1. The molecule has 1 aromatic carbocycles. The van der Waals surface area contributed by atoms with E-state index in [0.717, 1.165) is 17.7 Å². The van der Waals surface area contributed by atoms with Gasteiger partial charge in [0.2, 0.25) is 0 Å². The third-order valence-electron chi connectivity index (χ3n) is 3.82. The van der Waals surface area contributed by atoms with Crippen LogP contribution < -0.4 is 10.1 Å². The maximum absolute atomic E-state index is 12.2. The molecule has 0 saturated heterocycles. The zero-order chi connectivity index (χ0) is 19.1. The molecule has 3 aromatic rings. The van der Waals surface area contributed by atoms with E-state index in [9.17, 15) is 4.79 Å². The average molecular weight is 386 g/mol. The van der Waals surface area contributed by atoms with E-state index >= 15 is 0 Å². The van der Waals surface area contributed by atoms with Gasteiger partial charge in [-0.3, -0.25) is 9.48 Å². The SMILES string of the molecule is C=CCc1ccccc1OCc1ccc(C(=O)NCCn2cc(Cl)cn2)o1. The molecule has 0 saturated carbocycles. The van der Waals surface area contributed by atoms with Gasteiger partial charge in [-0.1, -0.05) is 35.9 Å². The summed E-state index contributed by atoms with van der Waals surface area (Å²) in [5.41, 5.74) is 1.05. The number of furan rings is 1. The molecule has 0 fully saturated rings. The van der Waals surface area contributed by atoms with E-state index in [-0.39, 0.29) is 18.3 Å². The molecule has 0 unspecified atom stereocenters. The summed E-state index contributed by atoms with van der Waals surface area (Å²) in [6.07, 6.45) is 5.80. The fourth-order valence-electron chi connectivity index (χ4n) is 2.53. The molecule has 0 aliphatic carbocycles. The van der Waals surface area contributed by atoms with Gasteiger partial charge in [-0.15, -0.1) is 6.58 Å². The number of carbonyl (C=O) groups excluding carboxylic acids is 1. The van der Waals surface area contributed by atoms with Crippen LogP contribution >= 0.6 is 11.6 Å². The molecule has 140 valence electrons. The molecule has 3 rings (SSSR count). The van der Waals surface area contributed by atoms with Crippen LogP contribution in [0.2, 0.25) is 5.02 Å². The normalized spacial score (nSPS) is 10.6. The smallest absolute Gasteiger partial charge is 0.287 e. The van der Waals surface area contributed by atoms with Gasteiger partial charge < -0.3 is 14.5 Å². The summed E-state index contributed by atoms with van der Waals surface area (Å²) in [7, 11) is 0. The Labute approximate surface area is 162 Å². The first-order valence-corrected chi connectivity index (χ1v) is 8.90. The second-order valence-corrected chi connectivity index (χ2v) is 6.27. The second kappa shape index (κ2) is 9.09. The lowest BCUT2D eigenvalue weighted by Gasteiger charge is -2.09. The van der Waals surface area contributed by atoms with Gasteiger partial charge in [0.05, 0.1) is 17.8 Å². The van der Waals surface area contributed by atoms with Gasteiger partial charge in [-0.05, 0) is 30.2 Å². The van der Waals surface area contributed by atoms with Crippen LogP contribution in [0.4, 0.5) is 0 Å². The third-order valence-corrected chi connectivity index (χ3v) is 4.02. The molecule has 6 nitrogen and oxygen atoms in total. The standard InChI is InChI=1S/C20H20ClN3O3/c1-2-5-15-6-3-4-7-18(15)26-14-17-8-9-19(27-17)20(25)22-10-11-24-13-16(21)12-23-24/h2-4,6-9,12-13H,1,5,10-11,14H2,(H,22,25). The second-order valence-electron chi connectivity index (χ2n) is 5.83. The van der Waals surface area contributed by atoms with Crippen molar-refractivity contribution in [3.8, 4) is 5.75 Å². The number of ether oxygens (including phenoxy) is 1. The fourth-order valence-corrected chi connectivity index (χ4v) is 2.68. The monoisotopic (exact) mass is 385 g/mol. The van der Waals surface area contributed by atoms with Crippen molar-refractivity contribution >= 4 is 17.5 Å². The average Bonchev–Trinajstić information content (AvgIpc) is 3.30. The molecule has 2 heterocycles. The number of rotatable bonds is 9. The van der Waals surface area contributed by atoms with E-state index in [1.807, 2.05) is 30.3 Å². The number of hydrogen-bond acceptors (Lipinski definition) is 4. The Morgan fingerprint density at radius 1 is 1.33 bits per heavy atom. The van der Waals surface area contributed by atoms with Crippen molar-refractivity contribution in [3.05, 3.63) is 83.6 Å². The number of allylic oxidation sites excluding steroid dienone is 1. The van der Waals surface area contributed by atoms with Gasteiger partial charge in [0, 0.05) is 12.7 Å². The van der Waals surface area contributed by atoms with Gasteiger partial charge in [0.25, 0.3) is 5.91 Å². The molecule has 0 bridgehead atoms. The van der Waals surface area contributed by atoms with Crippen molar-refractivity contribution in [3.63, 3.8) is 0 Å². The van der Waals surface area contributed by atoms with E-state index in [0.29, 0.717) is 23.9 Å². The van der Waals surface area contributed by atoms with Gasteiger partial charge in [-0.2, -0.15) is 5.10 Å². The summed E-state index contributed by atoms with van der Waals surface area (Å²) >= 11 is 5.80. The topological polar surface area (TPSA) is 69.3 Å². The van der Waals surface area contributed by atoms with Crippen molar-refractivity contribution in [1.29, 1.82) is 0 Å². The summed E-state index contributed by atoms with van der Waals surface area (Å²) in [6, 6.07) is 11.1. The summed E-state index contributed by atoms with van der Waals surface area (Å²) in [5, 5.41) is 7.39. The van der Waals surface area contributed by atoms with Crippen LogP contribution in [-0.2, 0) is 19.6 Å². The number of amides is 1. The highest BCUT2D eigenvalue weighted by Crippen LogP contribution is 2.20. The number of halogens is 1. The Balaban J connectivity index is 1.50. The van der Waals surface area contributed by atoms with Crippen LogP contribution in [0.5, 0.6) is 5.75 Å². The van der Waals surface area contributed by atoms with E-state index in [4.69, 9.17) is 20.8 Å². The maximum atomic E-state index is 12.2. The zero-order valence-electron chi connectivity index (χ0n) is 14.7. The lowest BCUT2D eigenvalue weighted by Crippen LogP contribution is -2.27. The number of aromatic nitrogens is 2. The molecule has 0 atom stereocenters. The Morgan fingerprint density at radius 3 is 2.96 bits per heavy atom. The van der Waals surface area contributed by atoms with Crippen LogP contribution in [0, 0.1) is 0 Å². The lowest BCUT2D eigenvalue weighted by atomic mass is 10.1. The number of carbonyl (C=O) groups is 1. The van der Waals surface area contributed by atoms with E-state index in [1.165, 1.54) is 0 Å². The molecule has 27 heavy (non-hydrogen) atoms. The van der Waals surface area contributed by atoms with Crippen LogP contribution in [-0.4, -0.2) is 22.2 Å². The van der Waals surface area contributed by atoms with Gasteiger partial charge in [0.1, 0.15) is 18.1 Å². The Bertz CT molecular complexity index is 917. The van der Waals surface area contributed by atoms with Crippen molar-refractivity contribution in [1.82, 2.24) is 15.1 Å². The largest absolute Gasteiger partial charge is 0.485 e. The Morgan fingerprint density at radius 2 is 2.19 bits per heavy atom. The zero-order valence-corrected chi connectivity index (χ0v) is 15.5. The number of para-hydroxylation sites is 1. The lowest BCUT2D eigenvalue weighted by molar-refractivity contribution is 0.0920. The summed E-state index contributed by atoms with van der Waals surface area (Å²) < 4.78 is 13.0. The summed E-state index contributed by atoms with van der Waals surface area (Å²) in [5.74, 6) is 1.31. The Kier molecular flexibility index (Phi) is 6.33. The number of hydrogen-bond donors (Lipinski definition) is 1. The molecule has 0 radical (unpaired) electrons. The highest BCUT2D eigenvalue weighted by molar-refractivity contribution is 6.30. The van der Waals surface area contributed by atoms with E-state index in [1.54, 1.807) is 29.2 Å². The molecule has 1 amide bonds. The minimum atomic E-state index is -0.286. The first-order valence-electron chi connectivity index (χ1n) is 8.52. The number of nitrogens with zero attached hydrogens (tertiary/aromatic N) is 2. The van der Waals surface area contributed by atoms with Gasteiger partial charge >= 0.3 is 0 Å². The molecule has 0 spiro atoms. The molecule has 7 heteroatoms. The van der Waals surface area contributed by atoms with Crippen LogP contribution in [0.15, 0.2) is 65.9 Å². The van der Waals surface area contributed by atoms with E-state index < -0.39 is 0 Å². The quantitative estimate of drug-likeness (QED) is 0.568. The minimum Gasteiger partial charge on any atom is -0.485 e. The predicted octanol–water partition coefficient (Wildman–Crippen LogP) is 3.87. The third kappa shape index (κ3) is 5.24. The maximum Gasteiger partial charge on any atom is 0.287 e. The fraction of sp³-hybridized carbons (Fsp3) is 0.200. The molecule has 0 aliphatic heterocycles. The number of nitrogens with one attached hydrogen (secondary N) is 1. The predicted molar refractivity (Wildman–Crippen MR) is 103 cm³/mol. The van der Waals surface area contributed by atoms with Crippen molar-refractivity contribution < 1.29 is 13.9 Å². The summed E-state index contributed by atoms with van der Waals surface area (Å²) in [6.45, 7) is 4.93. The first kappa shape index (κ1) is 18.8. The van der Waals surface area contributed by atoms with Crippen LogP contribution in [0.1, 0.15) is 21.9 Å². The van der Waals surface area contributed by atoms with Crippen molar-refractivity contribution in [2.24, 2.45) is 0 Å². The van der Waals surface area contributed by atoms with Crippen molar-refractivity contribution in [2.45, 2.75) is 19.6 Å². The molecule has 2 aromatic heterocycles. The highest BCUT2D eigenvalue weighted by atomic mass is 35.5. The summed E-state index contributed by atoms with van der Waals surface area (Å²) in [4.78, 5) is 12.2. The van der Waals surface area contributed by atoms with Crippen LogP contribution in [0.3, 0.4) is 0 Å². The molecular formula is C20H20ClN3O3.